The van der Waals surface area contributed by atoms with Crippen LogP contribution in [-0.4, -0.2) is 33.0 Å². The van der Waals surface area contributed by atoms with E-state index >= 15 is 0 Å². The molecule has 0 spiro atoms. The normalized spacial score (nSPS) is 15.4. The van der Waals surface area contributed by atoms with Crippen LogP contribution in [0.4, 0.5) is 17.5 Å². The Bertz CT molecular complexity index is 936. The van der Waals surface area contributed by atoms with Gasteiger partial charge in [0.15, 0.2) is 17.0 Å². The summed E-state index contributed by atoms with van der Waals surface area (Å²) in [7, 11) is 0. The highest BCUT2D eigenvalue weighted by molar-refractivity contribution is 6.31. The first-order chi connectivity index (χ1) is 12.6. The highest BCUT2D eigenvalue weighted by atomic mass is 35.5. The molecule has 0 radical (unpaired) electrons. The molecule has 0 unspecified atom stereocenters. The average Bonchev–Trinajstić information content (AvgIpc) is 2.65. The van der Waals surface area contributed by atoms with Gasteiger partial charge in [-0.15, -0.1) is 0 Å². The fraction of sp³-hybridized carbons (Fsp3) is 0.368. The number of anilines is 3. The van der Waals surface area contributed by atoms with Gasteiger partial charge in [0.2, 0.25) is 5.95 Å². The summed E-state index contributed by atoms with van der Waals surface area (Å²) >= 11 is 6.26. The summed E-state index contributed by atoms with van der Waals surface area (Å²) in [5.74, 6) is 2.10. The second-order valence-corrected chi connectivity index (χ2v) is 7.27. The standard InChI is InChI=1S/C19H21ClN6/c1-12-5-9-26(10-6-12)19-24-17-16(21-7-8-22-17)18(25-19)23-14-4-3-13(2)15(20)11-14/h3-4,7-8,11-12H,5-6,9-10H2,1-2H3,(H,22,23,24,25). The van der Waals surface area contributed by atoms with Gasteiger partial charge in [-0.1, -0.05) is 24.6 Å². The van der Waals surface area contributed by atoms with E-state index in [-0.39, 0.29) is 0 Å². The van der Waals surface area contributed by atoms with Crippen molar-refractivity contribution in [3.63, 3.8) is 0 Å². The third-order valence-corrected chi connectivity index (χ3v) is 5.23. The van der Waals surface area contributed by atoms with Gasteiger partial charge in [0.05, 0.1) is 0 Å². The van der Waals surface area contributed by atoms with E-state index in [2.05, 4.69) is 32.1 Å². The lowest BCUT2D eigenvalue weighted by Gasteiger charge is -2.30. The number of hydrogen-bond donors (Lipinski definition) is 1. The maximum Gasteiger partial charge on any atom is 0.229 e. The molecule has 0 amide bonds. The average molecular weight is 369 g/mol. The Kier molecular flexibility index (Phi) is 4.59. The Morgan fingerprint density at radius 2 is 1.88 bits per heavy atom. The lowest BCUT2D eigenvalue weighted by molar-refractivity contribution is 0.435. The molecular weight excluding hydrogens is 348 g/mol. The number of benzene rings is 1. The molecule has 134 valence electrons. The predicted molar refractivity (Wildman–Crippen MR) is 105 cm³/mol. The second-order valence-electron chi connectivity index (χ2n) is 6.86. The molecule has 6 nitrogen and oxygen atoms in total. The Morgan fingerprint density at radius 3 is 2.65 bits per heavy atom. The van der Waals surface area contributed by atoms with E-state index in [1.54, 1.807) is 12.4 Å². The van der Waals surface area contributed by atoms with Crippen molar-refractivity contribution in [2.24, 2.45) is 5.92 Å². The SMILES string of the molecule is Cc1ccc(Nc2nc(N3CCC(C)CC3)nc3nccnc23)cc1Cl. The number of halogens is 1. The van der Waals surface area contributed by atoms with Crippen LogP contribution >= 0.6 is 11.6 Å². The summed E-state index contributed by atoms with van der Waals surface area (Å²) in [6.07, 6.45) is 5.61. The largest absolute Gasteiger partial charge is 0.341 e. The van der Waals surface area contributed by atoms with Gasteiger partial charge < -0.3 is 10.2 Å². The first kappa shape index (κ1) is 17.0. The molecule has 2 aromatic heterocycles. The molecule has 1 aromatic carbocycles. The van der Waals surface area contributed by atoms with E-state index in [0.717, 1.165) is 43.1 Å². The van der Waals surface area contributed by atoms with E-state index < -0.39 is 0 Å². The fourth-order valence-electron chi connectivity index (χ4n) is 3.10. The maximum absolute atomic E-state index is 6.26. The number of fused-ring (bicyclic) bond motifs is 1. The molecule has 0 atom stereocenters. The van der Waals surface area contributed by atoms with Gasteiger partial charge in [-0.3, -0.25) is 0 Å². The zero-order chi connectivity index (χ0) is 18.1. The van der Waals surface area contributed by atoms with Crippen molar-refractivity contribution in [1.29, 1.82) is 0 Å². The van der Waals surface area contributed by atoms with E-state index in [4.69, 9.17) is 16.6 Å². The molecular formula is C19H21ClN6. The third-order valence-electron chi connectivity index (χ3n) is 4.82. The number of nitrogens with one attached hydrogen (secondary N) is 1. The van der Waals surface area contributed by atoms with Crippen molar-refractivity contribution in [2.75, 3.05) is 23.3 Å². The smallest absolute Gasteiger partial charge is 0.229 e. The van der Waals surface area contributed by atoms with Crippen LogP contribution in [0.1, 0.15) is 25.3 Å². The minimum Gasteiger partial charge on any atom is -0.341 e. The number of hydrogen-bond acceptors (Lipinski definition) is 6. The number of aromatic nitrogens is 4. The molecule has 1 N–H and O–H groups in total. The Labute approximate surface area is 157 Å². The van der Waals surface area contributed by atoms with Crippen LogP contribution in [0.25, 0.3) is 11.2 Å². The quantitative estimate of drug-likeness (QED) is 0.740. The minimum absolute atomic E-state index is 0.594. The Morgan fingerprint density at radius 1 is 1.12 bits per heavy atom. The van der Waals surface area contributed by atoms with Crippen molar-refractivity contribution in [3.8, 4) is 0 Å². The second kappa shape index (κ2) is 7.03. The minimum atomic E-state index is 0.594. The summed E-state index contributed by atoms with van der Waals surface area (Å²) < 4.78 is 0. The van der Waals surface area contributed by atoms with Crippen LogP contribution < -0.4 is 10.2 Å². The number of piperidine rings is 1. The molecule has 0 saturated carbocycles. The molecule has 1 fully saturated rings. The van der Waals surface area contributed by atoms with Gasteiger partial charge in [0, 0.05) is 36.2 Å². The van der Waals surface area contributed by atoms with E-state index in [1.807, 2.05) is 25.1 Å². The van der Waals surface area contributed by atoms with E-state index in [9.17, 15) is 0 Å². The monoisotopic (exact) mass is 368 g/mol. The van der Waals surface area contributed by atoms with Crippen molar-refractivity contribution in [3.05, 3.63) is 41.2 Å². The molecule has 1 aliphatic rings. The van der Waals surface area contributed by atoms with Crippen molar-refractivity contribution >= 4 is 40.2 Å². The molecule has 3 aromatic rings. The summed E-state index contributed by atoms with van der Waals surface area (Å²) in [5.41, 5.74) is 3.15. The summed E-state index contributed by atoms with van der Waals surface area (Å²) in [4.78, 5) is 20.4. The number of rotatable bonds is 3. The lowest BCUT2D eigenvalue weighted by Crippen LogP contribution is -2.34. The van der Waals surface area contributed by atoms with Crippen LogP contribution in [-0.2, 0) is 0 Å². The highest BCUT2D eigenvalue weighted by Gasteiger charge is 2.20. The van der Waals surface area contributed by atoms with Crippen LogP contribution in [0.15, 0.2) is 30.6 Å². The zero-order valence-electron chi connectivity index (χ0n) is 14.9. The summed E-state index contributed by atoms with van der Waals surface area (Å²) in [5, 5.41) is 4.05. The third kappa shape index (κ3) is 3.42. The fourth-order valence-corrected chi connectivity index (χ4v) is 3.28. The van der Waals surface area contributed by atoms with Crippen LogP contribution in [0.3, 0.4) is 0 Å². The van der Waals surface area contributed by atoms with Gasteiger partial charge in [0.25, 0.3) is 0 Å². The predicted octanol–water partition coefficient (Wildman–Crippen LogP) is 4.36. The molecule has 0 aliphatic carbocycles. The van der Waals surface area contributed by atoms with Crippen molar-refractivity contribution in [1.82, 2.24) is 19.9 Å². The molecule has 1 aliphatic heterocycles. The van der Waals surface area contributed by atoms with E-state index in [0.29, 0.717) is 28.0 Å². The Hall–Kier alpha value is -2.47. The lowest BCUT2D eigenvalue weighted by atomic mass is 10.00. The maximum atomic E-state index is 6.26. The zero-order valence-corrected chi connectivity index (χ0v) is 15.7. The Balaban J connectivity index is 1.73. The number of aryl methyl sites for hydroxylation is 1. The van der Waals surface area contributed by atoms with Crippen LogP contribution in [0, 0.1) is 12.8 Å². The van der Waals surface area contributed by atoms with Gasteiger partial charge in [-0.25, -0.2) is 9.97 Å². The van der Waals surface area contributed by atoms with E-state index in [1.165, 1.54) is 0 Å². The number of nitrogens with zero attached hydrogens (tertiary/aromatic N) is 5. The first-order valence-electron chi connectivity index (χ1n) is 8.87. The van der Waals surface area contributed by atoms with Crippen molar-refractivity contribution < 1.29 is 0 Å². The molecule has 3 heterocycles. The first-order valence-corrected chi connectivity index (χ1v) is 9.25. The summed E-state index contributed by atoms with van der Waals surface area (Å²) in [6.45, 7) is 6.19. The molecule has 4 rings (SSSR count). The van der Waals surface area contributed by atoms with Gasteiger partial charge in [-0.2, -0.15) is 9.97 Å². The molecule has 0 bridgehead atoms. The van der Waals surface area contributed by atoms with Crippen LogP contribution in [0.5, 0.6) is 0 Å². The van der Waals surface area contributed by atoms with Gasteiger partial charge in [0.1, 0.15) is 0 Å². The topological polar surface area (TPSA) is 66.8 Å². The highest BCUT2D eigenvalue weighted by Crippen LogP contribution is 2.28. The van der Waals surface area contributed by atoms with Gasteiger partial charge in [-0.05, 0) is 43.4 Å². The van der Waals surface area contributed by atoms with Crippen molar-refractivity contribution in [2.45, 2.75) is 26.7 Å². The molecule has 26 heavy (non-hydrogen) atoms. The molecule has 7 heteroatoms. The van der Waals surface area contributed by atoms with Crippen LogP contribution in [0.2, 0.25) is 5.02 Å². The summed E-state index contributed by atoms with van der Waals surface area (Å²) in [6, 6.07) is 5.85. The molecule has 1 saturated heterocycles. The van der Waals surface area contributed by atoms with Gasteiger partial charge >= 0.3 is 0 Å².